The van der Waals surface area contributed by atoms with Crippen molar-refractivity contribution in [2.24, 2.45) is 0 Å². The molecule has 0 fully saturated rings. The number of rotatable bonds is 7. The van der Waals surface area contributed by atoms with Crippen LogP contribution in [-0.4, -0.2) is 0 Å². The quantitative estimate of drug-likeness (QED) is 0.117. The van der Waals surface area contributed by atoms with Gasteiger partial charge in [-0.25, -0.2) is 0 Å². The summed E-state index contributed by atoms with van der Waals surface area (Å²) in [7, 11) is 0. The molecule has 0 aliphatic carbocycles. The second kappa shape index (κ2) is 19.7. The fraction of sp³-hybridized carbons (Fsp3) is 0. The van der Waals surface area contributed by atoms with Crippen molar-refractivity contribution >= 4 is 130 Å². The van der Waals surface area contributed by atoms with Crippen molar-refractivity contribution in [1.82, 2.24) is 0 Å². The lowest BCUT2D eigenvalue weighted by Crippen LogP contribution is -1.93. The zero-order valence-electron chi connectivity index (χ0n) is 49.8. The molecule has 0 bridgehead atoms. The van der Waals surface area contributed by atoms with Crippen molar-refractivity contribution < 1.29 is 8.83 Å². The zero-order valence-corrected chi connectivity index (χ0v) is 49.8. The van der Waals surface area contributed by atoms with Gasteiger partial charge in [0.1, 0.15) is 22.3 Å². The SMILES string of the molecule is c1cc(-c2cccc3ccccc23)cc(-c2c3ccccc3c(-c3ccccc3-c3ccc4oc5ccc(-c6cccc7c6oc6ccc(-c8c9ccccc9c(-c9ccc%10ccc%11cccc%12ccc9c%10c%11%12)c9ccccc89)cc67)cc5c4c3)c3ccccc23)c1. The van der Waals surface area contributed by atoms with Crippen molar-refractivity contribution in [3.8, 4) is 77.9 Å². The van der Waals surface area contributed by atoms with E-state index < -0.39 is 0 Å². The highest BCUT2D eigenvalue weighted by molar-refractivity contribution is 6.30. The largest absolute Gasteiger partial charge is 0.456 e. The normalized spacial score (nSPS) is 12.1. The van der Waals surface area contributed by atoms with Crippen LogP contribution in [0.25, 0.3) is 208 Å². The van der Waals surface area contributed by atoms with Gasteiger partial charge in [0.25, 0.3) is 0 Å². The first-order valence-electron chi connectivity index (χ1n) is 31.8. The fourth-order valence-corrected chi connectivity index (χ4v) is 16.0. The average molecular weight is 1170 g/mol. The highest BCUT2D eigenvalue weighted by Gasteiger charge is 2.24. The maximum atomic E-state index is 6.99. The van der Waals surface area contributed by atoms with E-state index >= 15 is 0 Å². The van der Waals surface area contributed by atoms with Crippen LogP contribution in [0.5, 0.6) is 0 Å². The molecule has 0 saturated heterocycles. The predicted octanol–water partition coefficient (Wildman–Crippen LogP) is 25.8. The minimum Gasteiger partial charge on any atom is -0.456 e. The molecule has 0 unspecified atom stereocenters. The van der Waals surface area contributed by atoms with Crippen molar-refractivity contribution in [2.75, 3.05) is 0 Å². The fourth-order valence-electron chi connectivity index (χ4n) is 16.0. The topological polar surface area (TPSA) is 26.3 Å². The molecule has 2 nitrogen and oxygen atoms in total. The Bertz CT molecular complexity index is 6380. The number of benzene rings is 18. The van der Waals surface area contributed by atoms with Crippen LogP contribution in [0.2, 0.25) is 0 Å². The van der Waals surface area contributed by atoms with Gasteiger partial charge in [-0.1, -0.05) is 273 Å². The van der Waals surface area contributed by atoms with Crippen molar-refractivity contribution in [1.29, 1.82) is 0 Å². The Morgan fingerprint density at radius 2 is 0.543 bits per heavy atom. The van der Waals surface area contributed by atoms with Gasteiger partial charge in [-0.05, 0) is 201 Å². The molecular weight excluding hydrogens is 1110 g/mol. The Balaban J connectivity index is 0.698. The van der Waals surface area contributed by atoms with E-state index in [9.17, 15) is 0 Å². The minimum absolute atomic E-state index is 0.845. The molecule has 0 aliphatic rings. The summed E-state index contributed by atoms with van der Waals surface area (Å²) in [5, 5.41) is 24.3. The standard InChI is InChI=1S/C90H52O2/c1-2-23-62-53(17-1)18-15-34-63(62)57-21-14-22-60(49-57)85-67-26-5-9-30-71(67)88(72-31-10-6-27-68(72)85)66-25-4-3-24-64(66)58-41-46-81-79(50-58)80-51-59(42-47-82(80)91-81)65-35-16-36-77-78-52-61(43-48-83(78)92-90(65)77)86-69-28-7-11-32-73(69)89(74-33-12-8-29-70(74)86)76-45-40-56-38-37-54-19-13-20-55-39-44-75(76)87(56)84(54)55/h1-52H. The lowest BCUT2D eigenvalue weighted by Gasteiger charge is -2.20. The Kier molecular flexibility index (Phi) is 10.9. The molecule has 20 aromatic rings. The van der Waals surface area contributed by atoms with E-state index in [0.717, 1.165) is 71.7 Å². The molecule has 2 aromatic heterocycles. The van der Waals surface area contributed by atoms with Crippen LogP contribution in [0.3, 0.4) is 0 Å². The van der Waals surface area contributed by atoms with Gasteiger partial charge in [-0.15, -0.1) is 0 Å². The Morgan fingerprint density at radius 3 is 1.20 bits per heavy atom. The maximum Gasteiger partial charge on any atom is 0.143 e. The summed E-state index contributed by atoms with van der Waals surface area (Å²) < 4.78 is 13.7. The van der Waals surface area contributed by atoms with Crippen LogP contribution in [0, 0.1) is 0 Å². The first-order valence-corrected chi connectivity index (χ1v) is 31.8. The van der Waals surface area contributed by atoms with Gasteiger partial charge in [-0.3, -0.25) is 0 Å². The second-order valence-electron chi connectivity index (χ2n) is 24.8. The highest BCUT2D eigenvalue weighted by atomic mass is 16.3. The molecule has 0 aliphatic heterocycles. The summed E-state index contributed by atoms with van der Waals surface area (Å²) in [6.45, 7) is 0. The molecule has 0 N–H and O–H groups in total. The maximum absolute atomic E-state index is 6.99. The first-order chi connectivity index (χ1) is 45.6. The molecular formula is C90H52O2. The second-order valence-corrected chi connectivity index (χ2v) is 24.8. The molecule has 20 rings (SSSR count). The van der Waals surface area contributed by atoms with Gasteiger partial charge < -0.3 is 8.83 Å². The molecule has 0 saturated carbocycles. The number of para-hydroxylation sites is 1. The third-order valence-electron chi connectivity index (χ3n) is 20.0. The van der Waals surface area contributed by atoms with Crippen LogP contribution >= 0.6 is 0 Å². The van der Waals surface area contributed by atoms with E-state index in [1.165, 1.54) is 136 Å². The van der Waals surface area contributed by atoms with Gasteiger partial charge in [0.15, 0.2) is 0 Å². The third-order valence-corrected chi connectivity index (χ3v) is 20.0. The number of hydrogen-bond acceptors (Lipinski definition) is 2. The lowest BCUT2D eigenvalue weighted by molar-refractivity contribution is 0.668. The van der Waals surface area contributed by atoms with E-state index in [0.29, 0.717) is 0 Å². The molecule has 0 radical (unpaired) electrons. The lowest BCUT2D eigenvalue weighted by atomic mass is 9.83. The van der Waals surface area contributed by atoms with E-state index in [4.69, 9.17) is 8.83 Å². The van der Waals surface area contributed by atoms with Gasteiger partial charge in [-0.2, -0.15) is 0 Å². The van der Waals surface area contributed by atoms with Crippen LogP contribution in [-0.2, 0) is 0 Å². The van der Waals surface area contributed by atoms with Gasteiger partial charge >= 0.3 is 0 Å². The Labute approximate surface area is 529 Å². The average Bonchev–Trinajstić information content (AvgIpc) is 0.816. The van der Waals surface area contributed by atoms with Gasteiger partial charge in [0.05, 0.1) is 0 Å². The summed E-state index contributed by atoms with van der Waals surface area (Å²) >= 11 is 0. The van der Waals surface area contributed by atoms with Crippen molar-refractivity contribution in [3.63, 3.8) is 0 Å². The number of fused-ring (bicyclic) bond motifs is 11. The van der Waals surface area contributed by atoms with Gasteiger partial charge in [0.2, 0.25) is 0 Å². The highest BCUT2D eigenvalue weighted by Crippen LogP contribution is 2.51. The van der Waals surface area contributed by atoms with E-state index in [1.54, 1.807) is 0 Å². The molecule has 18 aromatic carbocycles. The third kappa shape index (κ3) is 7.50. The molecule has 0 spiro atoms. The van der Waals surface area contributed by atoms with E-state index in [1.807, 2.05) is 0 Å². The van der Waals surface area contributed by atoms with Crippen LogP contribution in [0.4, 0.5) is 0 Å². The summed E-state index contributed by atoms with van der Waals surface area (Å²) in [6, 6.07) is 116. The van der Waals surface area contributed by atoms with Crippen LogP contribution in [0.1, 0.15) is 0 Å². The smallest absolute Gasteiger partial charge is 0.143 e. The molecule has 2 heterocycles. The summed E-state index contributed by atoms with van der Waals surface area (Å²) in [4.78, 5) is 0. The minimum atomic E-state index is 0.845. The molecule has 0 atom stereocenters. The first kappa shape index (κ1) is 50.9. The monoisotopic (exact) mass is 1160 g/mol. The summed E-state index contributed by atoms with van der Waals surface area (Å²) in [6.07, 6.45) is 0. The van der Waals surface area contributed by atoms with Gasteiger partial charge in [0, 0.05) is 27.1 Å². The van der Waals surface area contributed by atoms with E-state index in [2.05, 4.69) is 315 Å². The van der Waals surface area contributed by atoms with Crippen LogP contribution < -0.4 is 0 Å². The van der Waals surface area contributed by atoms with Crippen molar-refractivity contribution in [3.05, 3.63) is 315 Å². The molecule has 0 amide bonds. The molecule has 2 heteroatoms. The van der Waals surface area contributed by atoms with Crippen LogP contribution in [0.15, 0.2) is 324 Å². The van der Waals surface area contributed by atoms with Crippen molar-refractivity contribution in [2.45, 2.75) is 0 Å². The zero-order chi connectivity index (χ0) is 60.1. The predicted molar refractivity (Wildman–Crippen MR) is 390 cm³/mol. The van der Waals surface area contributed by atoms with E-state index in [-0.39, 0.29) is 0 Å². The molecule has 424 valence electrons. The summed E-state index contributed by atoms with van der Waals surface area (Å²) in [5.41, 5.74) is 20.0. The Hall–Kier alpha value is -12.1. The molecule has 92 heavy (non-hydrogen) atoms. The Morgan fingerprint density at radius 1 is 0.163 bits per heavy atom. The number of furan rings is 2. The summed E-state index contributed by atoms with van der Waals surface area (Å²) in [5.74, 6) is 0. The number of hydrogen-bond donors (Lipinski definition) is 0.